The molecule has 1 saturated carbocycles. The fourth-order valence-corrected chi connectivity index (χ4v) is 4.28. The average Bonchev–Trinajstić information content (AvgIpc) is 3.32. The molecule has 1 aliphatic rings. The monoisotopic (exact) mass is 374 g/mol. The maximum atomic E-state index is 13.0. The summed E-state index contributed by atoms with van der Waals surface area (Å²) in [5.41, 5.74) is 0.596. The van der Waals surface area contributed by atoms with Gasteiger partial charge >= 0.3 is 5.97 Å². The predicted molar refractivity (Wildman–Crippen MR) is 98.9 cm³/mol. The number of hydrogen-bond acceptors (Lipinski definition) is 5. The number of ether oxygens (including phenoxy) is 1. The van der Waals surface area contributed by atoms with Crippen LogP contribution in [0.5, 0.6) is 5.75 Å². The SMILES string of the molecule is COc1ccc(C2(C(=O)NCCc3nc(C(=O)O)cs3)CCCC2)cc1. The minimum atomic E-state index is -1.03. The first-order valence-electron chi connectivity index (χ1n) is 8.66. The van der Waals surface area contributed by atoms with Crippen LogP contribution >= 0.6 is 11.3 Å². The molecule has 2 aromatic rings. The molecule has 7 heteroatoms. The van der Waals surface area contributed by atoms with Gasteiger partial charge in [0.15, 0.2) is 5.69 Å². The molecular weight excluding hydrogens is 352 g/mol. The number of nitrogens with zero attached hydrogens (tertiary/aromatic N) is 1. The van der Waals surface area contributed by atoms with Crippen molar-refractivity contribution in [3.05, 3.63) is 45.9 Å². The van der Waals surface area contributed by atoms with Crippen LogP contribution in [-0.4, -0.2) is 35.6 Å². The quantitative estimate of drug-likeness (QED) is 0.778. The Morgan fingerprint density at radius 2 is 1.96 bits per heavy atom. The molecule has 1 aliphatic carbocycles. The second kappa shape index (κ2) is 7.86. The van der Waals surface area contributed by atoms with Crippen LogP contribution in [0.3, 0.4) is 0 Å². The molecule has 2 N–H and O–H groups in total. The third-order valence-electron chi connectivity index (χ3n) is 4.93. The zero-order chi connectivity index (χ0) is 18.6. The highest BCUT2D eigenvalue weighted by atomic mass is 32.1. The highest BCUT2D eigenvalue weighted by molar-refractivity contribution is 7.09. The van der Waals surface area contributed by atoms with E-state index in [0.717, 1.165) is 37.0 Å². The van der Waals surface area contributed by atoms with Gasteiger partial charge in [0.05, 0.1) is 17.5 Å². The van der Waals surface area contributed by atoms with E-state index >= 15 is 0 Å². The highest BCUT2D eigenvalue weighted by Gasteiger charge is 2.42. The number of rotatable bonds is 7. The molecule has 3 rings (SSSR count). The minimum absolute atomic E-state index is 0.0372. The lowest BCUT2D eigenvalue weighted by Gasteiger charge is -2.28. The zero-order valence-electron chi connectivity index (χ0n) is 14.7. The van der Waals surface area contributed by atoms with Gasteiger partial charge in [-0.1, -0.05) is 25.0 Å². The molecule has 6 nitrogen and oxygen atoms in total. The Morgan fingerprint density at radius 3 is 2.54 bits per heavy atom. The fraction of sp³-hybridized carbons (Fsp3) is 0.421. The van der Waals surface area contributed by atoms with Crippen LogP contribution in [0.25, 0.3) is 0 Å². The van der Waals surface area contributed by atoms with Gasteiger partial charge in [0, 0.05) is 18.3 Å². The van der Waals surface area contributed by atoms with E-state index in [1.165, 1.54) is 16.7 Å². The first kappa shape index (κ1) is 18.4. The Balaban J connectivity index is 1.65. The number of amides is 1. The molecule has 0 aliphatic heterocycles. The molecule has 0 bridgehead atoms. The Hall–Kier alpha value is -2.41. The van der Waals surface area contributed by atoms with Gasteiger partial charge in [-0.15, -0.1) is 11.3 Å². The van der Waals surface area contributed by atoms with Crippen LogP contribution in [-0.2, 0) is 16.6 Å². The summed E-state index contributed by atoms with van der Waals surface area (Å²) in [4.78, 5) is 27.9. The van der Waals surface area contributed by atoms with Gasteiger partial charge in [0.2, 0.25) is 5.91 Å². The second-order valence-electron chi connectivity index (χ2n) is 6.46. The van der Waals surface area contributed by atoms with Crippen molar-refractivity contribution >= 4 is 23.2 Å². The summed E-state index contributed by atoms with van der Waals surface area (Å²) in [6.07, 6.45) is 4.28. The summed E-state index contributed by atoms with van der Waals surface area (Å²) < 4.78 is 5.21. The van der Waals surface area contributed by atoms with E-state index in [2.05, 4.69) is 10.3 Å². The topological polar surface area (TPSA) is 88.5 Å². The van der Waals surface area contributed by atoms with Gasteiger partial charge in [0.25, 0.3) is 0 Å². The molecule has 0 saturated heterocycles. The first-order valence-corrected chi connectivity index (χ1v) is 9.54. The number of nitrogens with one attached hydrogen (secondary N) is 1. The number of carbonyl (C=O) groups is 2. The van der Waals surface area contributed by atoms with Crippen molar-refractivity contribution in [3.63, 3.8) is 0 Å². The number of aromatic nitrogens is 1. The van der Waals surface area contributed by atoms with Gasteiger partial charge in [-0.3, -0.25) is 4.79 Å². The summed E-state index contributed by atoms with van der Waals surface area (Å²) in [5, 5.41) is 14.2. The Morgan fingerprint density at radius 1 is 1.27 bits per heavy atom. The lowest BCUT2D eigenvalue weighted by molar-refractivity contribution is -0.126. The average molecular weight is 374 g/mol. The van der Waals surface area contributed by atoms with E-state index < -0.39 is 11.4 Å². The van der Waals surface area contributed by atoms with Crippen molar-refractivity contribution in [1.82, 2.24) is 10.3 Å². The molecule has 1 amide bonds. The Bertz CT molecular complexity index is 779. The van der Waals surface area contributed by atoms with E-state index in [9.17, 15) is 9.59 Å². The van der Waals surface area contributed by atoms with E-state index in [-0.39, 0.29) is 11.6 Å². The first-order chi connectivity index (χ1) is 12.5. The van der Waals surface area contributed by atoms with E-state index in [4.69, 9.17) is 9.84 Å². The number of aromatic carboxylic acids is 1. The highest BCUT2D eigenvalue weighted by Crippen LogP contribution is 2.41. The van der Waals surface area contributed by atoms with Crippen LogP contribution in [0, 0.1) is 0 Å². The van der Waals surface area contributed by atoms with Gasteiger partial charge in [-0.25, -0.2) is 9.78 Å². The minimum Gasteiger partial charge on any atom is -0.497 e. The molecular formula is C19H22N2O4S. The molecule has 138 valence electrons. The summed E-state index contributed by atoms with van der Waals surface area (Å²) >= 11 is 1.30. The maximum absolute atomic E-state index is 13.0. The van der Waals surface area contributed by atoms with Gasteiger partial charge in [0.1, 0.15) is 5.75 Å². The molecule has 1 aromatic carbocycles. The van der Waals surface area contributed by atoms with Crippen molar-refractivity contribution in [3.8, 4) is 5.75 Å². The number of carboxylic acids is 1. The Kier molecular flexibility index (Phi) is 5.56. The molecule has 0 unspecified atom stereocenters. The third kappa shape index (κ3) is 3.72. The number of carboxylic acid groups (broad SMARTS) is 1. The number of benzene rings is 1. The number of methoxy groups -OCH3 is 1. The van der Waals surface area contributed by atoms with Gasteiger partial charge < -0.3 is 15.2 Å². The van der Waals surface area contributed by atoms with Crippen LogP contribution in [0.15, 0.2) is 29.6 Å². The van der Waals surface area contributed by atoms with Crippen molar-refractivity contribution in [2.24, 2.45) is 0 Å². The van der Waals surface area contributed by atoms with Crippen LogP contribution in [0.4, 0.5) is 0 Å². The van der Waals surface area contributed by atoms with E-state index in [1.54, 1.807) is 7.11 Å². The Labute approximate surface area is 156 Å². The van der Waals surface area contributed by atoms with Crippen molar-refractivity contribution in [2.75, 3.05) is 13.7 Å². The maximum Gasteiger partial charge on any atom is 0.355 e. The second-order valence-corrected chi connectivity index (χ2v) is 7.40. The fourth-order valence-electron chi connectivity index (χ4n) is 3.51. The molecule has 1 aromatic heterocycles. The molecule has 26 heavy (non-hydrogen) atoms. The van der Waals surface area contributed by atoms with Crippen LogP contribution in [0.1, 0.15) is 46.7 Å². The number of carbonyl (C=O) groups excluding carboxylic acids is 1. The summed E-state index contributed by atoms with van der Waals surface area (Å²) in [5.74, 6) is -0.212. The number of thiazole rings is 1. The molecule has 0 spiro atoms. The molecule has 1 heterocycles. The van der Waals surface area contributed by atoms with Crippen molar-refractivity contribution < 1.29 is 19.4 Å². The van der Waals surface area contributed by atoms with Crippen LogP contribution < -0.4 is 10.1 Å². The van der Waals surface area contributed by atoms with Gasteiger partial charge in [-0.2, -0.15) is 0 Å². The normalized spacial score (nSPS) is 15.6. The predicted octanol–water partition coefficient (Wildman–Crippen LogP) is 3.02. The lowest BCUT2D eigenvalue weighted by atomic mass is 9.78. The zero-order valence-corrected chi connectivity index (χ0v) is 15.5. The molecule has 0 radical (unpaired) electrons. The van der Waals surface area contributed by atoms with E-state index in [1.807, 2.05) is 24.3 Å². The van der Waals surface area contributed by atoms with Crippen molar-refractivity contribution in [1.29, 1.82) is 0 Å². The number of hydrogen-bond donors (Lipinski definition) is 2. The summed E-state index contributed by atoms with van der Waals surface area (Å²) in [6, 6.07) is 7.74. The van der Waals surface area contributed by atoms with Gasteiger partial charge in [-0.05, 0) is 30.5 Å². The largest absolute Gasteiger partial charge is 0.497 e. The lowest BCUT2D eigenvalue weighted by Crippen LogP contribution is -2.43. The summed E-state index contributed by atoms with van der Waals surface area (Å²) in [7, 11) is 1.63. The third-order valence-corrected chi connectivity index (χ3v) is 5.84. The van der Waals surface area contributed by atoms with E-state index in [0.29, 0.717) is 18.0 Å². The van der Waals surface area contributed by atoms with Crippen LogP contribution in [0.2, 0.25) is 0 Å². The molecule has 0 atom stereocenters. The molecule has 1 fully saturated rings. The smallest absolute Gasteiger partial charge is 0.355 e. The van der Waals surface area contributed by atoms with Crippen molar-refractivity contribution in [2.45, 2.75) is 37.5 Å². The summed E-state index contributed by atoms with van der Waals surface area (Å²) in [6.45, 7) is 0.448. The standard InChI is InChI=1S/C19H22N2O4S/c1-25-14-6-4-13(5-7-14)19(9-2-3-10-19)18(24)20-11-8-16-21-15(12-26-16)17(22)23/h4-7,12H,2-3,8-11H2,1H3,(H,20,24)(H,22,23).